The van der Waals surface area contributed by atoms with E-state index in [1.807, 2.05) is 12.1 Å². The van der Waals surface area contributed by atoms with Crippen LogP contribution in [0.4, 0.5) is 10.5 Å². The Morgan fingerprint density at radius 2 is 1.80 bits per heavy atom. The average molecular weight is 433 g/mol. The molecule has 0 radical (unpaired) electrons. The molecular formula is C22H28N2O5S. The number of urea groups is 1. The van der Waals surface area contributed by atoms with Crippen LogP contribution < -0.4 is 14.2 Å². The Balaban J connectivity index is 1.69. The second-order valence-electron chi connectivity index (χ2n) is 7.72. The lowest BCUT2D eigenvalue weighted by molar-refractivity contribution is 0.206. The number of amides is 2. The van der Waals surface area contributed by atoms with Crippen molar-refractivity contribution < 1.29 is 22.1 Å². The number of nitrogens with one attached hydrogen (secondary N) is 1. The van der Waals surface area contributed by atoms with Gasteiger partial charge in [-0.15, -0.1) is 0 Å². The molecule has 7 nitrogen and oxygen atoms in total. The van der Waals surface area contributed by atoms with Crippen LogP contribution in [0.25, 0.3) is 0 Å². The van der Waals surface area contributed by atoms with Gasteiger partial charge in [0.15, 0.2) is 0 Å². The summed E-state index contributed by atoms with van der Waals surface area (Å²) in [7, 11) is -2.07. The summed E-state index contributed by atoms with van der Waals surface area (Å²) in [5.74, 6) is 1.39. The van der Waals surface area contributed by atoms with Crippen LogP contribution >= 0.6 is 0 Å². The molecule has 3 rings (SSSR count). The van der Waals surface area contributed by atoms with Crippen LogP contribution in [0.15, 0.2) is 48.5 Å². The number of hydrogen-bond acceptors (Lipinski definition) is 5. The topological polar surface area (TPSA) is 84.9 Å². The molecule has 8 heteroatoms. The molecule has 1 aliphatic rings. The van der Waals surface area contributed by atoms with Gasteiger partial charge >= 0.3 is 16.1 Å². The van der Waals surface area contributed by atoms with Crippen LogP contribution in [0, 0.1) is 5.92 Å². The molecule has 0 saturated heterocycles. The SMILES string of the molecule is COc1ccccc1NC(=O)N(Cc1ccc(OS(=O)(=O)C(C)C)cc1)CC1CC1. The van der Waals surface area contributed by atoms with E-state index < -0.39 is 15.4 Å². The van der Waals surface area contributed by atoms with E-state index in [4.69, 9.17) is 8.92 Å². The van der Waals surface area contributed by atoms with Gasteiger partial charge in [0.25, 0.3) is 0 Å². The van der Waals surface area contributed by atoms with Crippen molar-refractivity contribution in [3.05, 3.63) is 54.1 Å². The van der Waals surface area contributed by atoms with Gasteiger partial charge in [0.2, 0.25) is 0 Å². The third kappa shape index (κ3) is 5.89. The van der Waals surface area contributed by atoms with Crippen LogP contribution in [0.2, 0.25) is 0 Å². The summed E-state index contributed by atoms with van der Waals surface area (Å²) < 4.78 is 34.3. The first-order chi connectivity index (χ1) is 14.3. The highest BCUT2D eigenvalue weighted by Crippen LogP contribution is 2.31. The van der Waals surface area contributed by atoms with Crippen molar-refractivity contribution in [3.8, 4) is 11.5 Å². The Morgan fingerprint density at radius 1 is 1.13 bits per heavy atom. The number of nitrogens with zero attached hydrogens (tertiary/aromatic N) is 1. The second-order valence-corrected chi connectivity index (χ2v) is 9.82. The Kier molecular flexibility index (Phi) is 6.87. The summed E-state index contributed by atoms with van der Waals surface area (Å²) in [6, 6.07) is 13.9. The fourth-order valence-corrected chi connectivity index (χ4v) is 3.45. The zero-order chi connectivity index (χ0) is 21.7. The van der Waals surface area contributed by atoms with E-state index in [1.165, 1.54) is 0 Å². The van der Waals surface area contributed by atoms with Crippen molar-refractivity contribution in [3.63, 3.8) is 0 Å². The van der Waals surface area contributed by atoms with Gasteiger partial charge in [-0.2, -0.15) is 8.42 Å². The summed E-state index contributed by atoms with van der Waals surface area (Å²) in [5, 5.41) is 2.31. The van der Waals surface area contributed by atoms with Crippen LogP contribution in [0.3, 0.4) is 0 Å². The summed E-state index contributed by atoms with van der Waals surface area (Å²) in [6.45, 7) is 4.22. The number of methoxy groups -OCH3 is 1. The third-order valence-corrected chi connectivity index (χ3v) is 6.48. The molecule has 0 heterocycles. The van der Waals surface area contributed by atoms with Crippen LogP contribution in [0.5, 0.6) is 11.5 Å². The van der Waals surface area contributed by atoms with Gasteiger partial charge in [-0.05, 0) is 62.4 Å². The molecule has 30 heavy (non-hydrogen) atoms. The fourth-order valence-electron chi connectivity index (χ4n) is 2.87. The van der Waals surface area contributed by atoms with Crippen molar-refractivity contribution in [1.29, 1.82) is 0 Å². The largest absolute Gasteiger partial charge is 0.495 e. The number of benzene rings is 2. The molecular weight excluding hydrogens is 404 g/mol. The van der Waals surface area contributed by atoms with E-state index in [1.54, 1.807) is 62.3 Å². The van der Waals surface area contributed by atoms with Crippen LogP contribution in [-0.4, -0.2) is 38.3 Å². The average Bonchev–Trinajstić information content (AvgIpc) is 3.53. The van der Waals surface area contributed by atoms with E-state index in [0.717, 1.165) is 18.4 Å². The zero-order valence-electron chi connectivity index (χ0n) is 17.5. The van der Waals surface area contributed by atoms with E-state index in [9.17, 15) is 13.2 Å². The molecule has 2 aromatic rings. The fraction of sp³-hybridized carbons (Fsp3) is 0.409. The van der Waals surface area contributed by atoms with Crippen molar-refractivity contribution in [2.75, 3.05) is 19.0 Å². The van der Waals surface area contributed by atoms with Gasteiger partial charge in [0.05, 0.1) is 18.0 Å². The maximum Gasteiger partial charge on any atom is 0.322 e. The van der Waals surface area contributed by atoms with Gasteiger partial charge in [-0.25, -0.2) is 4.79 Å². The molecule has 1 fully saturated rings. The Morgan fingerprint density at radius 3 is 2.40 bits per heavy atom. The lowest BCUT2D eigenvalue weighted by Gasteiger charge is -2.24. The summed E-state index contributed by atoms with van der Waals surface area (Å²) in [6.07, 6.45) is 2.25. The summed E-state index contributed by atoms with van der Waals surface area (Å²) >= 11 is 0. The Bertz CT molecular complexity index is 969. The molecule has 0 atom stereocenters. The zero-order valence-corrected chi connectivity index (χ0v) is 18.3. The number of hydrogen-bond donors (Lipinski definition) is 1. The minimum absolute atomic E-state index is 0.200. The van der Waals surface area contributed by atoms with Gasteiger partial charge in [-0.3, -0.25) is 0 Å². The lowest BCUT2D eigenvalue weighted by atomic mass is 10.2. The van der Waals surface area contributed by atoms with Crippen molar-refractivity contribution in [2.45, 2.75) is 38.5 Å². The normalized spacial score (nSPS) is 13.7. The molecule has 2 aromatic carbocycles. The molecule has 0 bridgehead atoms. The molecule has 2 amide bonds. The first kappa shape index (κ1) is 22.0. The number of carbonyl (C=O) groups is 1. The lowest BCUT2D eigenvalue weighted by Crippen LogP contribution is -2.36. The monoisotopic (exact) mass is 432 g/mol. The van der Waals surface area contributed by atoms with Crippen molar-refractivity contribution in [1.82, 2.24) is 4.90 Å². The summed E-state index contributed by atoms with van der Waals surface area (Å²) in [5.41, 5.74) is 1.51. The highest BCUT2D eigenvalue weighted by atomic mass is 32.2. The predicted octanol–water partition coefficient (Wildman–Crippen LogP) is 4.26. The van der Waals surface area contributed by atoms with E-state index >= 15 is 0 Å². The van der Waals surface area contributed by atoms with Gasteiger partial charge in [-0.1, -0.05) is 24.3 Å². The summed E-state index contributed by atoms with van der Waals surface area (Å²) in [4.78, 5) is 14.7. The first-order valence-electron chi connectivity index (χ1n) is 9.99. The van der Waals surface area contributed by atoms with E-state index in [2.05, 4.69) is 5.32 Å². The third-order valence-electron chi connectivity index (χ3n) is 4.90. The first-order valence-corrected chi connectivity index (χ1v) is 11.5. The van der Waals surface area contributed by atoms with Gasteiger partial charge < -0.3 is 19.1 Å². The molecule has 1 aliphatic carbocycles. The van der Waals surface area contributed by atoms with Crippen molar-refractivity contribution >= 4 is 21.8 Å². The van der Waals surface area contributed by atoms with Gasteiger partial charge in [0, 0.05) is 13.1 Å². The maximum atomic E-state index is 12.9. The Labute approximate surface area is 178 Å². The van der Waals surface area contributed by atoms with E-state index in [0.29, 0.717) is 30.4 Å². The number of ether oxygens (including phenoxy) is 1. The minimum atomic E-state index is -3.64. The predicted molar refractivity (Wildman–Crippen MR) is 116 cm³/mol. The van der Waals surface area contributed by atoms with Crippen LogP contribution in [0.1, 0.15) is 32.3 Å². The molecule has 1 N–H and O–H groups in total. The quantitative estimate of drug-likeness (QED) is 0.599. The molecule has 162 valence electrons. The van der Waals surface area contributed by atoms with E-state index in [-0.39, 0.29) is 11.8 Å². The highest BCUT2D eigenvalue weighted by Gasteiger charge is 2.27. The van der Waals surface area contributed by atoms with Crippen LogP contribution in [-0.2, 0) is 16.7 Å². The van der Waals surface area contributed by atoms with Gasteiger partial charge in [0.1, 0.15) is 11.5 Å². The molecule has 0 aliphatic heterocycles. The van der Waals surface area contributed by atoms with Crippen molar-refractivity contribution in [2.24, 2.45) is 5.92 Å². The Hall–Kier alpha value is -2.74. The standard InChI is InChI=1S/C22H28N2O5S/c1-16(2)30(26,27)29-19-12-10-18(11-13-19)15-24(14-17-8-9-17)22(25)23-20-6-4-5-7-21(20)28-3/h4-7,10-13,16-17H,8-9,14-15H2,1-3H3,(H,23,25). The second kappa shape index (κ2) is 9.38. The molecule has 0 aromatic heterocycles. The number of carbonyl (C=O) groups excluding carboxylic acids is 1. The number of para-hydroxylation sites is 2. The molecule has 0 spiro atoms. The molecule has 0 unspecified atom stereocenters. The smallest absolute Gasteiger partial charge is 0.322 e. The maximum absolute atomic E-state index is 12.9. The number of anilines is 1. The minimum Gasteiger partial charge on any atom is -0.495 e. The number of rotatable bonds is 9. The molecule has 1 saturated carbocycles. The highest BCUT2D eigenvalue weighted by molar-refractivity contribution is 7.87.